The molecule has 0 amide bonds. The molecule has 0 aliphatic heterocycles. The second kappa shape index (κ2) is 7.25. The molecule has 0 aromatic heterocycles. The van der Waals surface area contributed by atoms with Crippen LogP contribution in [-0.2, 0) is 4.74 Å². The van der Waals surface area contributed by atoms with Crippen LogP contribution in [0.1, 0.15) is 41.0 Å². The second-order valence-electron chi connectivity index (χ2n) is 5.39. The summed E-state index contributed by atoms with van der Waals surface area (Å²) in [5, 5.41) is 9.75. The van der Waals surface area contributed by atoms with Crippen molar-refractivity contribution in [2.45, 2.75) is 53.2 Å². The second-order valence-corrected chi connectivity index (χ2v) is 5.39. The summed E-state index contributed by atoms with van der Waals surface area (Å²) in [6, 6.07) is 0.535. The van der Waals surface area contributed by atoms with Crippen molar-refractivity contribution in [3.63, 3.8) is 0 Å². The highest BCUT2D eigenvalue weighted by Crippen LogP contribution is 2.23. The Labute approximate surface area is 101 Å². The zero-order valence-corrected chi connectivity index (χ0v) is 11.8. The molecule has 2 atom stereocenters. The maximum Gasteiger partial charge on any atom is 0.0589 e. The maximum absolute atomic E-state index is 9.75. The van der Waals surface area contributed by atoms with Gasteiger partial charge >= 0.3 is 0 Å². The quantitative estimate of drug-likeness (QED) is 0.695. The molecule has 0 aliphatic rings. The van der Waals surface area contributed by atoms with Crippen molar-refractivity contribution in [2.24, 2.45) is 5.41 Å². The molecule has 3 heteroatoms. The van der Waals surface area contributed by atoms with Gasteiger partial charge in [0.25, 0.3) is 0 Å². The maximum atomic E-state index is 9.75. The normalized spacial score (nSPS) is 16.5. The fourth-order valence-electron chi connectivity index (χ4n) is 1.58. The third-order valence-electron chi connectivity index (χ3n) is 3.54. The predicted molar refractivity (Wildman–Crippen MR) is 68.7 cm³/mol. The molecule has 0 aliphatic carbocycles. The van der Waals surface area contributed by atoms with Crippen molar-refractivity contribution >= 4 is 0 Å². The molecule has 0 bridgehead atoms. The van der Waals surface area contributed by atoms with Gasteiger partial charge in [-0.2, -0.15) is 0 Å². The lowest BCUT2D eigenvalue weighted by Crippen LogP contribution is -2.45. The summed E-state index contributed by atoms with van der Waals surface area (Å²) in [6.07, 6.45) is 0.834. The fourth-order valence-corrected chi connectivity index (χ4v) is 1.58. The largest absolute Gasteiger partial charge is 0.393 e. The van der Waals surface area contributed by atoms with Gasteiger partial charge in [-0.25, -0.2) is 0 Å². The summed E-state index contributed by atoms with van der Waals surface area (Å²) in [5.74, 6) is 0. The lowest BCUT2D eigenvalue weighted by Gasteiger charge is -2.37. The first kappa shape index (κ1) is 15.9. The summed E-state index contributed by atoms with van der Waals surface area (Å²) in [4.78, 5) is 2.40. The SMILES string of the molecule is CCC(C)N(CCOC)CC(C)(C)C(C)O. The molecular formula is C13H29NO2. The Kier molecular flexibility index (Phi) is 7.20. The van der Waals surface area contributed by atoms with Crippen molar-refractivity contribution in [1.29, 1.82) is 0 Å². The first-order chi connectivity index (χ1) is 7.35. The van der Waals surface area contributed by atoms with Gasteiger partial charge in [-0.1, -0.05) is 20.8 Å². The minimum absolute atomic E-state index is 0.0723. The van der Waals surface area contributed by atoms with Crippen LogP contribution in [-0.4, -0.2) is 49.0 Å². The van der Waals surface area contributed by atoms with Gasteiger partial charge in [-0.05, 0) is 20.3 Å². The van der Waals surface area contributed by atoms with Crippen LogP contribution in [0.25, 0.3) is 0 Å². The third-order valence-corrected chi connectivity index (χ3v) is 3.54. The highest BCUT2D eigenvalue weighted by molar-refractivity contribution is 4.80. The molecule has 98 valence electrons. The van der Waals surface area contributed by atoms with Crippen LogP contribution in [0.2, 0.25) is 0 Å². The molecule has 0 aromatic rings. The van der Waals surface area contributed by atoms with Gasteiger partial charge in [0.05, 0.1) is 12.7 Å². The molecule has 0 saturated heterocycles. The van der Waals surface area contributed by atoms with E-state index in [-0.39, 0.29) is 11.5 Å². The van der Waals surface area contributed by atoms with Gasteiger partial charge in [0.15, 0.2) is 0 Å². The van der Waals surface area contributed by atoms with Crippen LogP contribution in [0.15, 0.2) is 0 Å². The Hall–Kier alpha value is -0.120. The lowest BCUT2D eigenvalue weighted by atomic mass is 9.86. The zero-order chi connectivity index (χ0) is 12.8. The van der Waals surface area contributed by atoms with Gasteiger partial charge in [0, 0.05) is 31.7 Å². The molecule has 0 heterocycles. The van der Waals surface area contributed by atoms with Crippen LogP contribution in [0.5, 0.6) is 0 Å². The van der Waals surface area contributed by atoms with Crippen molar-refractivity contribution in [1.82, 2.24) is 4.90 Å². The minimum Gasteiger partial charge on any atom is -0.393 e. The Morgan fingerprint density at radius 3 is 2.25 bits per heavy atom. The Morgan fingerprint density at radius 2 is 1.88 bits per heavy atom. The topological polar surface area (TPSA) is 32.7 Å². The summed E-state index contributed by atoms with van der Waals surface area (Å²) >= 11 is 0. The van der Waals surface area contributed by atoms with Crippen LogP contribution in [0.4, 0.5) is 0 Å². The number of nitrogens with zero attached hydrogens (tertiary/aromatic N) is 1. The number of methoxy groups -OCH3 is 1. The van der Waals surface area contributed by atoms with Crippen LogP contribution in [0.3, 0.4) is 0 Å². The predicted octanol–water partition coefficient (Wildman–Crippen LogP) is 2.14. The monoisotopic (exact) mass is 231 g/mol. The third kappa shape index (κ3) is 5.28. The molecule has 0 fully saturated rings. The van der Waals surface area contributed by atoms with E-state index >= 15 is 0 Å². The number of hydrogen-bond acceptors (Lipinski definition) is 3. The van der Waals surface area contributed by atoms with E-state index in [1.807, 2.05) is 6.92 Å². The highest BCUT2D eigenvalue weighted by atomic mass is 16.5. The van der Waals surface area contributed by atoms with E-state index in [0.29, 0.717) is 6.04 Å². The summed E-state index contributed by atoms with van der Waals surface area (Å²) < 4.78 is 5.14. The summed E-state index contributed by atoms with van der Waals surface area (Å²) in [7, 11) is 1.73. The molecule has 0 radical (unpaired) electrons. The van der Waals surface area contributed by atoms with E-state index in [4.69, 9.17) is 4.74 Å². The number of rotatable bonds is 8. The van der Waals surface area contributed by atoms with Gasteiger partial charge in [-0.3, -0.25) is 4.90 Å². The minimum atomic E-state index is -0.290. The van der Waals surface area contributed by atoms with Crippen LogP contribution in [0, 0.1) is 5.41 Å². The Balaban J connectivity index is 4.40. The number of aliphatic hydroxyl groups is 1. The molecule has 16 heavy (non-hydrogen) atoms. The summed E-state index contributed by atoms with van der Waals surface area (Å²) in [6.45, 7) is 13.1. The van der Waals surface area contributed by atoms with Crippen LogP contribution < -0.4 is 0 Å². The number of ether oxygens (including phenoxy) is 1. The van der Waals surface area contributed by atoms with Gasteiger partial charge in [0.2, 0.25) is 0 Å². The van der Waals surface area contributed by atoms with Crippen LogP contribution >= 0.6 is 0 Å². The van der Waals surface area contributed by atoms with Gasteiger partial charge in [0.1, 0.15) is 0 Å². The van der Waals surface area contributed by atoms with Crippen molar-refractivity contribution in [2.75, 3.05) is 26.8 Å². The smallest absolute Gasteiger partial charge is 0.0589 e. The Bertz CT molecular complexity index is 181. The first-order valence-corrected chi connectivity index (χ1v) is 6.26. The molecule has 0 rings (SSSR count). The average molecular weight is 231 g/mol. The molecule has 2 unspecified atom stereocenters. The van der Waals surface area contributed by atoms with E-state index < -0.39 is 0 Å². The summed E-state index contributed by atoms with van der Waals surface area (Å²) in [5.41, 5.74) is -0.0723. The van der Waals surface area contributed by atoms with Crippen molar-refractivity contribution < 1.29 is 9.84 Å². The van der Waals surface area contributed by atoms with E-state index in [2.05, 4.69) is 32.6 Å². The highest BCUT2D eigenvalue weighted by Gasteiger charge is 2.28. The van der Waals surface area contributed by atoms with Crippen molar-refractivity contribution in [3.05, 3.63) is 0 Å². The lowest BCUT2D eigenvalue weighted by molar-refractivity contribution is 0.0151. The standard InChI is InChI=1S/C13H29NO2/c1-7-11(2)14(8-9-16-6)10-13(4,5)12(3)15/h11-12,15H,7-10H2,1-6H3. The van der Waals surface area contributed by atoms with E-state index in [0.717, 1.165) is 26.1 Å². The van der Waals surface area contributed by atoms with E-state index in [1.54, 1.807) is 7.11 Å². The molecule has 0 spiro atoms. The van der Waals surface area contributed by atoms with Gasteiger partial charge < -0.3 is 9.84 Å². The average Bonchev–Trinajstić information content (AvgIpc) is 2.22. The molecule has 1 N–H and O–H groups in total. The molecule has 3 nitrogen and oxygen atoms in total. The number of aliphatic hydroxyl groups excluding tert-OH is 1. The fraction of sp³-hybridized carbons (Fsp3) is 1.00. The molecular weight excluding hydrogens is 202 g/mol. The zero-order valence-electron chi connectivity index (χ0n) is 11.8. The Morgan fingerprint density at radius 1 is 1.31 bits per heavy atom. The molecule has 0 aromatic carbocycles. The van der Waals surface area contributed by atoms with Gasteiger partial charge in [-0.15, -0.1) is 0 Å². The molecule has 0 saturated carbocycles. The number of hydrogen-bond donors (Lipinski definition) is 1. The van der Waals surface area contributed by atoms with Crippen molar-refractivity contribution in [3.8, 4) is 0 Å². The first-order valence-electron chi connectivity index (χ1n) is 6.26. The van der Waals surface area contributed by atoms with E-state index in [1.165, 1.54) is 0 Å². The van der Waals surface area contributed by atoms with E-state index in [9.17, 15) is 5.11 Å².